The number of ether oxygens (including phenoxy) is 5. The van der Waals surface area contributed by atoms with Crippen molar-refractivity contribution in [1.29, 1.82) is 0 Å². The van der Waals surface area contributed by atoms with Crippen LogP contribution in [-0.2, 0) is 49.4 Å². The Balaban J connectivity index is 1.48. The third-order valence-electron chi connectivity index (χ3n) is 14.6. The molecule has 0 radical (unpaired) electrons. The molecule has 1 saturated carbocycles. The Morgan fingerprint density at radius 1 is 0.954 bits per heavy atom. The topological polar surface area (TPSA) is 150 Å². The number of methoxy groups -OCH3 is 2. The Labute approximate surface area is 387 Å². The molecule has 364 valence electrons. The van der Waals surface area contributed by atoms with Gasteiger partial charge in [-0.3, -0.25) is 14.4 Å². The van der Waals surface area contributed by atoms with Crippen LogP contribution in [0.15, 0.2) is 53.6 Å². The number of esters is 1. The number of ketones is 2. The third-order valence-corrected chi connectivity index (χ3v) is 14.6. The number of piperidine rings is 1. The Hall–Kier alpha value is -3.33. The van der Waals surface area contributed by atoms with E-state index in [1.54, 1.807) is 26.8 Å². The van der Waals surface area contributed by atoms with Crippen LogP contribution in [0.2, 0.25) is 0 Å². The number of nitrogens with zero attached hydrogens (tertiary/aromatic N) is 1. The number of alkyl halides is 1. The van der Waals surface area contributed by atoms with Crippen LogP contribution in [0, 0.1) is 29.6 Å². The maximum absolute atomic E-state index is 16.3. The van der Waals surface area contributed by atoms with Crippen LogP contribution in [0.25, 0.3) is 0 Å². The van der Waals surface area contributed by atoms with E-state index in [2.05, 4.69) is 23.5 Å². The Bertz CT molecular complexity index is 1810. The third kappa shape index (κ3) is 13.2. The minimum atomic E-state index is -2.56. The molecule has 14 unspecified atom stereocenters. The lowest BCUT2D eigenvalue weighted by Crippen LogP contribution is -2.64. The summed E-state index contributed by atoms with van der Waals surface area (Å²) < 4.78 is 47.2. The second kappa shape index (κ2) is 24.1. The second-order valence-electron chi connectivity index (χ2n) is 19.9. The molecule has 65 heavy (non-hydrogen) atoms. The second-order valence-corrected chi connectivity index (χ2v) is 19.9. The van der Waals surface area contributed by atoms with Crippen LogP contribution in [0.5, 0.6) is 0 Å². The quantitative estimate of drug-likeness (QED) is 0.134. The molecule has 14 atom stereocenters. The fourth-order valence-corrected chi connectivity index (χ4v) is 10.6. The molecule has 2 N–H and O–H groups in total. The van der Waals surface area contributed by atoms with Gasteiger partial charge in [-0.2, -0.15) is 0 Å². The van der Waals surface area contributed by atoms with Crippen LogP contribution in [0.3, 0.4) is 0 Å². The number of aliphatic hydroxyl groups is 1. The standard InChI is InChI=1S/C52H79FN2O10/c1-11-39-26-33(5)46(53)34(6)27-44(61-9)48-45(62-10)28-36(8)52(60,65-48)49(57)50(58)55-24-16-15-19-41(55)51(59)64-47(32(4)20-23-42(39)56)35(7)25-38-21-22-40(43(29-38)63-31(2)3)54-30-37-17-13-12-14-18-37/h12-14,17-18,25-26,31-32,34,36,38-41,43-48,54,60H,11,15-16,19-24,27-30H2,1-10H3/b33-26+,35-25?. The summed E-state index contributed by atoms with van der Waals surface area (Å²) in [6.45, 7) is 15.8. The summed E-state index contributed by atoms with van der Waals surface area (Å²) in [5, 5.41) is 15.8. The highest BCUT2D eigenvalue weighted by Gasteiger charge is 2.56. The highest BCUT2D eigenvalue weighted by atomic mass is 19.1. The predicted molar refractivity (Wildman–Crippen MR) is 247 cm³/mol. The highest BCUT2D eigenvalue weighted by molar-refractivity contribution is 6.39. The molecule has 13 heteroatoms. The number of rotatable bonds is 10. The summed E-state index contributed by atoms with van der Waals surface area (Å²) in [5.41, 5.74) is 2.47. The summed E-state index contributed by atoms with van der Waals surface area (Å²) >= 11 is 0. The molecule has 0 spiro atoms. The maximum Gasteiger partial charge on any atom is 0.329 e. The van der Waals surface area contributed by atoms with Crippen LogP contribution in [0.1, 0.15) is 132 Å². The summed E-state index contributed by atoms with van der Waals surface area (Å²) in [6, 6.07) is 9.38. The first-order chi connectivity index (χ1) is 30.9. The molecule has 1 aromatic rings. The van der Waals surface area contributed by atoms with Crippen molar-refractivity contribution in [3.05, 3.63) is 59.2 Å². The predicted octanol–water partition coefficient (Wildman–Crippen LogP) is 8.03. The van der Waals surface area contributed by atoms with E-state index in [1.807, 2.05) is 52.8 Å². The lowest BCUT2D eigenvalue weighted by Gasteiger charge is -2.47. The van der Waals surface area contributed by atoms with Crippen molar-refractivity contribution in [3.8, 4) is 0 Å². The molecular formula is C52H79FN2O10. The summed E-state index contributed by atoms with van der Waals surface area (Å²) in [7, 11) is 2.94. The Morgan fingerprint density at radius 3 is 2.31 bits per heavy atom. The van der Waals surface area contributed by atoms with Gasteiger partial charge in [-0.05, 0) is 126 Å². The number of nitrogens with one attached hydrogen (secondary N) is 1. The van der Waals surface area contributed by atoms with E-state index in [4.69, 9.17) is 23.7 Å². The van der Waals surface area contributed by atoms with E-state index >= 15 is 4.39 Å². The van der Waals surface area contributed by atoms with Crippen molar-refractivity contribution in [3.63, 3.8) is 0 Å². The van der Waals surface area contributed by atoms with Gasteiger partial charge in [-0.15, -0.1) is 0 Å². The first-order valence-electron chi connectivity index (χ1n) is 24.4. The van der Waals surface area contributed by atoms with Gasteiger partial charge in [0.25, 0.3) is 11.7 Å². The zero-order chi connectivity index (χ0) is 47.6. The monoisotopic (exact) mass is 911 g/mol. The smallest absolute Gasteiger partial charge is 0.329 e. The number of hydrogen-bond donors (Lipinski definition) is 2. The first-order valence-corrected chi connectivity index (χ1v) is 24.4. The van der Waals surface area contributed by atoms with Gasteiger partial charge in [-0.25, -0.2) is 9.18 Å². The van der Waals surface area contributed by atoms with Crippen LogP contribution < -0.4 is 5.32 Å². The van der Waals surface area contributed by atoms with E-state index in [9.17, 15) is 24.3 Å². The van der Waals surface area contributed by atoms with Crippen molar-refractivity contribution in [2.45, 2.75) is 193 Å². The van der Waals surface area contributed by atoms with Crippen LogP contribution in [-0.4, -0.2) is 115 Å². The van der Waals surface area contributed by atoms with Crippen molar-refractivity contribution in [2.75, 3.05) is 20.8 Å². The van der Waals surface area contributed by atoms with Gasteiger partial charge in [0.15, 0.2) is 0 Å². The van der Waals surface area contributed by atoms with Crippen molar-refractivity contribution in [2.24, 2.45) is 29.6 Å². The SMILES string of the molecule is CCC1/C=C(\C)C(F)C(C)CC(OC)C2OC(O)(C(=O)C(=O)N3CCCCC3C(=O)OC(C(C)=CC3CCC(NCc4ccccc4)C(OC(C)C)C3)C(C)CCC1=O)C(C)CC2OC. The van der Waals surface area contributed by atoms with Crippen molar-refractivity contribution >= 4 is 23.4 Å². The number of benzene rings is 1. The molecule has 1 amide bonds. The summed E-state index contributed by atoms with van der Waals surface area (Å²) in [5.74, 6) is -7.60. The first kappa shape index (κ1) is 52.6. The fourth-order valence-electron chi connectivity index (χ4n) is 10.6. The van der Waals surface area contributed by atoms with Crippen LogP contribution in [0.4, 0.5) is 4.39 Å². The maximum atomic E-state index is 16.3. The van der Waals surface area contributed by atoms with E-state index in [0.717, 1.165) is 31.4 Å². The Kier molecular flexibility index (Phi) is 19.5. The molecule has 12 nitrogen and oxygen atoms in total. The molecule has 3 fully saturated rings. The lowest BCUT2D eigenvalue weighted by molar-refractivity contribution is -0.302. The molecule has 2 saturated heterocycles. The Morgan fingerprint density at radius 2 is 1.65 bits per heavy atom. The number of halogens is 1. The number of Topliss-reactive ketones (excluding diaryl/α,β-unsaturated/α-hetero) is 2. The number of hydrogen-bond acceptors (Lipinski definition) is 11. The molecule has 2 bridgehead atoms. The number of amides is 1. The van der Waals surface area contributed by atoms with Gasteiger partial charge in [0.2, 0.25) is 5.79 Å². The zero-order valence-electron chi connectivity index (χ0n) is 40.8. The van der Waals surface area contributed by atoms with Gasteiger partial charge in [-0.1, -0.05) is 70.2 Å². The number of carbonyl (C=O) groups excluding carboxylic acids is 4. The van der Waals surface area contributed by atoms with E-state index in [1.165, 1.54) is 24.7 Å². The molecule has 3 heterocycles. The number of carbonyl (C=O) groups is 4. The minimum absolute atomic E-state index is 0.0181. The largest absolute Gasteiger partial charge is 0.456 e. The average Bonchev–Trinajstić information content (AvgIpc) is 3.30. The lowest BCUT2D eigenvalue weighted by atomic mass is 9.81. The fraction of sp³-hybridized carbons (Fsp3) is 0.731. The average molecular weight is 911 g/mol. The zero-order valence-corrected chi connectivity index (χ0v) is 40.8. The van der Waals surface area contributed by atoms with E-state index < -0.39 is 77.8 Å². The van der Waals surface area contributed by atoms with Gasteiger partial charge in [0.05, 0.1) is 24.4 Å². The van der Waals surface area contributed by atoms with E-state index in [0.29, 0.717) is 31.3 Å². The van der Waals surface area contributed by atoms with Gasteiger partial charge in [0, 0.05) is 51.6 Å². The van der Waals surface area contributed by atoms with Crippen molar-refractivity contribution < 1.29 is 52.4 Å². The number of allylic oxidation sites excluding steroid dienone is 3. The minimum Gasteiger partial charge on any atom is -0.456 e. The van der Waals surface area contributed by atoms with Crippen molar-refractivity contribution in [1.82, 2.24) is 10.2 Å². The normalized spacial score (nSPS) is 37.5. The molecule has 1 aromatic carbocycles. The van der Waals surface area contributed by atoms with Gasteiger partial charge >= 0.3 is 5.97 Å². The number of cyclic esters (lactones) is 1. The molecule has 1 aliphatic carbocycles. The molecule has 5 rings (SSSR count). The summed E-state index contributed by atoms with van der Waals surface area (Å²) in [4.78, 5) is 58.4. The number of fused-ring (bicyclic) bond motifs is 3. The molecule has 3 aliphatic heterocycles. The molecule has 4 aliphatic rings. The van der Waals surface area contributed by atoms with E-state index in [-0.39, 0.29) is 68.1 Å². The molecule has 0 aromatic heterocycles. The van der Waals surface area contributed by atoms with Gasteiger partial charge < -0.3 is 39.0 Å². The van der Waals surface area contributed by atoms with Crippen LogP contribution >= 0.6 is 0 Å². The highest BCUT2D eigenvalue weighted by Crippen LogP contribution is 2.40. The summed E-state index contributed by atoms with van der Waals surface area (Å²) in [6.07, 6.45) is 4.61. The molecular weight excluding hydrogens is 832 g/mol. The van der Waals surface area contributed by atoms with Gasteiger partial charge in [0.1, 0.15) is 30.2 Å².